The first-order valence-electron chi connectivity index (χ1n) is 5.49. The molecule has 1 rings (SSSR count). The smallest absolute Gasteiger partial charge is 0.410 e. The number of carbonyl (C=O) groups is 1. The van der Waals surface area contributed by atoms with Crippen molar-refractivity contribution < 1.29 is 9.53 Å². The molecule has 15 heavy (non-hydrogen) atoms. The van der Waals surface area contributed by atoms with Gasteiger partial charge in [0.25, 0.3) is 0 Å². The zero-order valence-electron chi connectivity index (χ0n) is 10.3. The molecule has 0 spiro atoms. The summed E-state index contributed by atoms with van der Waals surface area (Å²) in [5.41, 5.74) is -0.414. The van der Waals surface area contributed by atoms with Crippen LogP contribution in [0.4, 0.5) is 4.79 Å². The molecule has 0 aromatic heterocycles. The average molecular weight is 214 g/mol. The minimum absolute atomic E-state index is 0.233. The fourth-order valence-corrected chi connectivity index (χ4v) is 1.69. The number of carbonyl (C=O) groups excluding carboxylic acids is 1. The molecule has 0 saturated carbocycles. The summed E-state index contributed by atoms with van der Waals surface area (Å²) in [5.74, 6) is 0. The van der Waals surface area contributed by atoms with Crippen molar-refractivity contribution in [3.8, 4) is 0 Å². The summed E-state index contributed by atoms with van der Waals surface area (Å²) in [5, 5.41) is 3.32. The minimum atomic E-state index is -0.414. The second kappa shape index (κ2) is 4.39. The lowest BCUT2D eigenvalue weighted by atomic mass is 10.2. The molecule has 0 aromatic carbocycles. The summed E-state index contributed by atoms with van der Waals surface area (Å²) >= 11 is 0. The van der Waals surface area contributed by atoms with Crippen LogP contribution in [0.25, 0.3) is 0 Å². The van der Waals surface area contributed by atoms with Gasteiger partial charge < -0.3 is 15.0 Å². The number of rotatable bonds is 1. The first-order chi connectivity index (χ1) is 6.79. The largest absolute Gasteiger partial charge is 0.444 e. The molecule has 0 unspecified atom stereocenters. The normalized spacial score (nSPS) is 26.5. The molecule has 88 valence electrons. The van der Waals surface area contributed by atoms with Crippen molar-refractivity contribution in [3.63, 3.8) is 0 Å². The zero-order chi connectivity index (χ0) is 11.6. The highest BCUT2D eigenvalue weighted by atomic mass is 16.6. The van der Waals surface area contributed by atoms with E-state index in [-0.39, 0.29) is 12.1 Å². The minimum Gasteiger partial charge on any atom is -0.444 e. The van der Waals surface area contributed by atoms with Crippen molar-refractivity contribution in [2.45, 2.75) is 51.8 Å². The molecule has 1 aliphatic rings. The second-order valence-electron chi connectivity index (χ2n) is 5.29. The Kier molecular flexibility index (Phi) is 3.60. The number of amides is 1. The van der Waals surface area contributed by atoms with E-state index in [1.807, 2.05) is 20.8 Å². The Labute approximate surface area is 92.0 Å². The van der Waals surface area contributed by atoms with Crippen molar-refractivity contribution in [1.29, 1.82) is 0 Å². The van der Waals surface area contributed by atoms with E-state index in [0.29, 0.717) is 6.04 Å². The van der Waals surface area contributed by atoms with Gasteiger partial charge in [0.1, 0.15) is 5.60 Å². The highest BCUT2D eigenvalue weighted by molar-refractivity contribution is 5.68. The molecule has 4 nitrogen and oxygen atoms in total. The van der Waals surface area contributed by atoms with E-state index in [1.165, 1.54) is 0 Å². The van der Waals surface area contributed by atoms with Crippen LogP contribution in [0.3, 0.4) is 0 Å². The van der Waals surface area contributed by atoms with Gasteiger partial charge in [0.15, 0.2) is 0 Å². The van der Waals surface area contributed by atoms with E-state index >= 15 is 0 Å². The molecule has 2 atom stereocenters. The van der Waals surface area contributed by atoms with Gasteiger partial charge in [-0.1, -0.05) is 0 Å². The van der Waals surface area contributed by atoms with Gasteiger partial charge in [0.05, 0.1) is 0 Å². The summed E-state index contributed by atoms with van der Waals surface area (Å²) in [4.78, 5) is 13.4. The first kappa shape index (κ1) is 12.3. The van der Waals surface area contributed by atoms with Crippen LogP contribution in [-0.4, -0.2) is 42.3 Å². The van der Waals surface area contributed by atoms with Gasteiger partial charge in [-0.15, -0.1) is 0 Å². The van der Waals surface area contributed by atoms with Crippen molar-refractivity contribution in [2.24, 2.45) is 0 Å². The Balaban J connectivity index is 2.46. The number of nitrogens with zero attached hydrogens (tertiary/aromatic N) is 1. The summed E-state index contributed by atoms with van der Waals surface area (Å²) in [6.45, 7) is 8.64. The van der Waals surface area contributed by atoms with E-state index in [0.717, 1.165) is 13.0 Å². The molecule has 0 bridgehead atoms. The maximum atomic E-state index is 11.7. The highest BCUT2D eigenvalue weighted by Crippen LogP contribution is 2.15. The molecule has 0 aromatic rings. The van der Waals surface area contributed by atoms with Gasteiger partial charge in [-0.25, -0.2) is 4.79 Å². The number of nitrogens with one attached hydrogen (secondary N) is 1. The molecular weight excluding hydrogens is 192 g/mol. The molecule has 1 N–H and O–H groups in total. The van der Waals surface area contributed by atoms with E-state index in [1.54, 1.807) is 11.9 Å². The van der Waals surface area contributed by atoms with E-state index < -0.39 is 5.60 Å². The Morgan fingerprint density at radius 2 is 2.07 bits per heavy atom. The summed E-state index contributed by atoms with van der Waals surface area (Å²) in [6.07, 6.45) is 0.763. The van der Waals surface area contributed by atoms with Crippen molar-refractivity contribution in [2.75, 3.05) is 13.6 Å². The first-order valence-corrected chi connectivity index (χ1v) is 5.49. The average Bonchev–Trinajstić information content (AvgIpc) is 2.47. The second-order valence-corrected chi connectivity index (χ2v) is 5.29. The van der Waals surface area contributed by atoms with Crippen LogP contribution >= 0.6 is 0 Å². The van der Waals surface area contributed by atoms with E-state index in [9.17, 15) is 4.79 Å². The summed E-state index contributed by atoms with van der Waals surface area (Å²) in [7, 11) is 1.80. The lowest BCUT2D eigenvalue weighted by Crippen LogP contribution is -2.41. The number of likely N-dealkylation sites (N-methyl/N-ethyl adjacent to an activating group) is 1. The molecule has 1 saturated heterocycles. The predicted octanol–water partition coefficient (Wildman–Crippen LogP) is 1.60. The fourth-order valence-electron chi connectivity index (χ4n) is 1.69. The van der Waals surface area contributed by atoms with Crippen molar-refractivity contribution in [1.82, 2.24) is 10.2 Å². The van der Waals surface area contributed by atoms with Gasteiger partial charge >= 0.3 is 6.09 Å². The van der Waals surface area contributed by atoms with Gasteiger partial charge in [0.2, 0.25) is 0 Å². The van der Waals surface area contributed by atoms with E-state index in [2.05, 4.69) is 12.2 Å². The van der Waals surface area contributed by atoms with Gasteiger partial charge in [-0.2, -0.15) is 0 Å². The number of hydrogen-bond donors (Lipinski definition) is 1. The monoisotopic (exact) mass is 214 g/mol. The molecule has 1 heterocycles. The van der Waals surface area contributed by atoms with Gasteiger partial charge in [0, 0.05) is 25.7 Å². The van der Waals surface area contributed by atoms with Crippen molar-refractivity contribution in [3.05, 3.63) is 0 Å². The molecule has 4 heteroatoms. The number of ether oxygens (including phenoxy) is 1. The Bertz CT molecular complexity index is 235. The molecule has 0 aliphatic carbocycles. The number of hydrogen-bond acceptors (Lipinski definition) is 3. The third-order valence-corrected chi connectivity index (χ3v) is 2.56. The topological polar surface area (TPSA) is 41.6 Å². The lowest BCUT2D eigenvalue weighted by Gasteiger charge is -2.28. The third kappa shape index (κ3) is 3.70. The standard InChI is InChI=1S/C11H22N2O2/c1-8-6-9(7-12-8)13(5)10(14)15-11(2,3)4/h8-9,12H,6-7H2,1-5H3/t8-,9-/m1/s1. The van der Waals surface area contributed by atoms with Crippen LogP contribution in [0.5, 0.6) is 0 Å². The Morgan fingerprint density at radius 3 is 2.47 bits per heavy atom. The quantitative estimate of drug-likeness (QED) is 0.721. The van der Waals surface area contributed by atoms with Crippen LogP contribution in [-0.2, 0) is 4.74 Å². The van der Waals surface area contributed by atoms with Gasteiger partial charge in [-0.05, 0) is 34.1 Å². The van der Waals surface area contributed by atoms with Gasteiger partial charge in [-0.3, -0.25) is 0 Å². The maximum Gasteiger partial charge on any atom is 0.410 e. The lowest BCUT2D eigenvalue weighted by molar-refractivity contribution is 0.0235. The van der Waals surface area contributed by atoms with E-state index in [4.69, 9.17) is 4.74 Å². The zero-order valence-corrected chi connectivity index (χ0v) is 10.3. The van der Waals surface area contributed by atoms with Crippen LogP contribution in [0.2, 0.25) is 0 Å². The predicted molar refractivity (Wildman–Crippen MR) is 59.9 cm³/mol. The molecular formula is C11H22N2O2. The third-order valence-electron chi connectivity index (χ3n) is 2.56. The maximum absolute atomic E-state index is 11.7. The Morgan fingerprint density at radius 1 is 1.47 bits per heavy atom. The van der Waals surface area contributed by atoms with Crippen LogP contribution in [0.1, 0.15) is 34.1 Å². The van der Waals surface area contributed by atoms with Crippen LogP contribution < -0.4 is 5.32 Å². The Hall–Kier alpha value is -0.770. The van der Waals surface area contributed by atoms with Crippen LogP contribution in [0, 0.1) is 0 Å². The van der Waals surface area contributed by atoms with Crippen molar-refractivity contribution >= 4 is 6.09 Å². The molecule has 0 radical (unpaired) electrons. The van der Waals surface area contributed by atoms with Crippen LogP contribution in [0.15, 0.2) is 0 Å². The SMILES string of the molecule is C[C@@H]1C[C@@H](N(C)C(=O)OC(C)(C)C)CN1. The summed E-state index contributed by atoms with van der Waals surface area (Å²) in [6, 6.07) is 0.745. The summed E-state index contributed by atoms with van der Waals surface area (Å²) < 4.78 is 5.31. The highest BCUT2D eigenvalue weighted by Gasteiger charge is 2.29. The fraction of sp³-hybridized carbons (Fsp3) is 0.909. The molecule has 1 amide bonds. The molecule has 1 fully saturated rings. The molecule has 1 aliphatic heterocycles.